The molecule has 1 heterocycles. The molecule has 0 aliphatic carbocycles. The van der Waals surface area contributed by atoms with Crippen molar-refractivity contribution >= 4 is 5.91 Å². The number of nitrogens with one attached hydrogen (secondary N) is 1. The molecule has 0 unspecified atom stereocenters. The van der Waals surface area contributed by atoms with E-state index in [1.807, 2.05) is 6.92 Å². The summed E-state index contributed by atoms with van der Waals surface area (Å²) in [6.45, 7) is 2.91. The van der Waals surface area contributed by atoms with Gasteiger partial charge in [-0.25, -0.2) is 9.07 Å². The predicted octanol–water partition coefficient (Wildman–Crippen LogP) is 1.52. The molecule has 0 atom stereocenters. The number of halogens is 1. The van der Waals surface area contributed by atoms with Gasteiger partial charge in [-0.3, -0.25) is 4.79 Å². The van der Waals surface area contributed by atoms with E-state index in [0.29, 0.717) is 18.0 Å². The minimum Gasteiger partial charge on any atom is -0.487 e. The fourth-order valence-corrected chi connectivity index (χ4v) is 1.66. The van der Waals surface area contributed by atoms with Crippen LogP contribution >= 0.6 is 0 Å². The van der Waals surface area contributed by atoms with Gasteiger partial charge >= 0.3 is 0 Å². The summed E-state index contributed by atoms with van der Waals surface area (Å²) in [6, 6.07) is 5.87. The van der Waals surface area contributed by atoms with Gasteiger partial charge in [-0.15, -0.1) is 5.10 Å². The number of aromatic nitrogens is 3. The van der Waals surface area contributed by atoms with Crippen LogP contribution in [0.15, 0.2) is 30.5 Å². The second kappa shape index (κ2) is 7.37. The molecule has 2 aromatic rings. The Labute approximate surface area is 121 Å². The molecule has 1 N–H and O–H groups in total. The van der Waals surface area contributed by atoms with Crippen molar-refractivity contribution in [1.29, 1.82) is 0 Å². The van der Waals surface area contributed by atoms with E-state index in [0.717, 1.165) is 6.42 Å². The largest absolute Gasteiger partial charge is 0.487 e. The number of hydrogen-bond donors (Lipinski definition) is 1. The molecule has 6 nitrogen and oxygen atoms in total. The number of nitrogens with zero attached hydrogens (tertiary/aromatic N) is 3. The van der Waals surface area contributed by atoms with E-state index in [2.05, 4.69) is 15.6 Å². The minimum atomic E-state index is -0.358. The summed E-state index contributed by atoms with van der Waals surface area (Å²) in [7, 11) is 0. The zero-order chi connectivity index (χ0) is 15.1. The molecule has 7 heteroatoms. The third kappa shape index (κ3) is 4.87. The summed E-state index contributed by atoms with van der Waals surface area (Å²) in [5.74, 6) is -0.0478. The number of carbonyl (C=O) groups excluding carboxylic acids is 1. The van der Waals surface area contributed by atoms with Gasteiger partial charge in [0.25, 0.3) is 0 Å². The quantitative estimate of drug-likeness (QED) is 0.840. The number of benzene rings is 1. The zero-order valence-corrected chi connectivity index (χ0v) is 11.8. The molecule has 0 spiro atoms. The molecule has 0 aliphatic heterocycles. The number of hydrogen-bond acceptors (Lipinski definition) is 4. The van der Waals surface area contributed by atoms with Gasteiger partial charge in [-0.2, -0.15) is 0 Å². The second-order valence-electron chi connectivity index (χ2n) is 4.50. The molecule has 1 amide bonds. The van der Waals surface area contributed by atoms with Crippen LogP contribution < -0.4 is 10.1 Å². The molecule has 0 fully saturated rings. The van der Waals surface area contributed by atoms with Gasteiger partial charge in [0.1, 0.15) is 30.4 Å². The predicted molar refractivity (Wildman–Crippen MR) is 74.1 cm³/mol. The molecule has 1 aromatic heterocycles. The van der Waals surface area contributed by atoms with E-state index in [-0.39, 0.29) is 24.9 Å². The maximum Gasteiger partial charge on any atom is 0.241 e. The Morgan fingerprint density at radius 3 is 3.10 bits per heavy atom. The topological polar surface area (TPSA) is 69.0 Å². The standard InChI is InChI=1S/C14H17FN4O2/c1-2-6-16-14(20)9-19-8-12(17-18-19)10-21-13-5-3-4-11(15)7-13/h3-5,7-8H,2,6,9-10H2,1H3,(H,16,20). The molecule has 0 radical (unpaired) electrons. The van der Waals surface area contributed by atoms with Crippen molar-refractivity contribution in [3.05, 3.63) is 42.0 Å². The van der Waals surface area contributed by atoms with E-state index in [1.54, 1.807) is 18.3 Å². The first-order valence-electron chi connectivity index (χ1n) is 6.71. The Hall–Kier alpha value is -2.44. The van der Waals surface area contributed by atoms with Crippen molar-refractivity contribution in [2.75, 3.05) is 6.54 Å². The van der Waals surface area contributed by atoms with Gasteiger partial charge in [0.2, 0.25) is 5.91 Å². The van der Waals surface area contributed by atoms with Crippen LogP contribution in [0.5, 0.6) is 5.75 Å². The lowest BCUT2D eigenvalue weighted by atomic mass is 10.3. The minimum absolute atomic E-state index is 0.112. The van der Waals surface area contributed by atoms with Crippen LogP contribution in [0, 0.1) is 5.82 Å². The molecule has 1 aromatic carbocycles. The van der Waals surface area contributed by atoms with E-state index < -0.39 is 0 Å². The van der Waals surface area contributed by atoms with Crippen LogP contribution in [0.25, 0.3) is 0 Å². The van der Waals surface area contributed by atoms with Crippen LogP contribution in [-0.2, 0) is 17.9 Å². The fraction of sp³-hybridized carbons (Fsp3) is 0.357. The van der Waals surface area contributed by atoms with Crippen LogP contribution in [0.4, 0.5) is 4.39 Å². The smallest absolute Gasteiger partial charge is 0.241 e. The van der Waals surface area contributed by atoms with Gasteiger partial charge in [-0.1, -0.05) is 18.2 Å². The molecule has 21 heavy (non-hydrogen) atoms. The second-order valence-corrected chi connectivity index (χ2v) is 4.50. The van der Waals surface area contributed by atoms with Crippen molar-refractivity contribution < 1.29 is 13.9 Å². The third-order valence-electron chi connectivity index (χ3n) is 2.65. The normalized spacial score (nSPS) is 10.4. The molecule has 112 valence electrons. The Morgan fingerprint density at radius 2 is 2.33 bits per heavy atom. The summed E-state index contributed by atoms with van der Waals surface area (Å²) in [5, 5.41) is 10.5. The van der Waals surface area contributed by atoms with Crippen molar-refractivity contribution in [1.82, 2.24) is 20.3 Å². The van der Waals surface area contributed by atoms with E-state index in [4.69, 9.17) is 4.74 Å². The first-order valence-corrected chi connectivity index (χ1v) is 6.71. The van der Waals surface area contributed by atoms with Gasteiger partial charge in [-0.05, 0) is 18.6 Å². The van der Waals surface area contributed by atoms with E-state index in [1.165, 1.54) is 16.8 Å². The monoisotopic (exact) mass is 292 g/mol. The summed E-state index contributed by atoms with van der Waals surface area (Å²) in [4.78, 5) is 11.5. The molecule has 0 saturated heterocycles. The van der Waals surface area contributed by atoms with Gasteiger partial charge in [0.15, 0.2) is 0 Å². The van der Waals surface area contributed by atoms with Crippen molar-refractivity contribution in [2.45, 2.75) is 26.5 Å². The number of ether oxygens (including phenoxy) is 1. The summed E-state index contributed by atoms with van der Waals surface area (Å²) in [5.41, 5.74) is 0.572. The molecular formula is C14H17FN4O2. The lowest BCUT2D eigenvalue weighted by Gasteiger charge is -2.03. The highest BCUT2D eigenvalue weighted by Crippen LogP contribution is 2.13. The molecular weight excluding hydrogens is 275 g/mol. The molecule has 0 bridgehead atoms. The molecule has 0 aliphatic rings. The number of rotatable bonds is 7. The maximum absolute atomic E-state index is 13.0. The van der Waals surface area contributed by atoms with Crippen molar-refractivity contribution in [3.8, 4) is 5.75 Å². The highest BCUT2D eigenvalue weighted by atomic mass is 19.1. The highest BCUT2D eigenvalue weighted by Gasteiger charge is 2.06. The molecule has 0 saturated carbocycles. The Bertz CT molecular complexity index is 600. The van der Waals surface area contributed by atoms with Crippen LogP contribution in [0.1, 0.15) is 19.0 Å². The SMILES string of the molecule is CCCNC(=O)Cn1cc(COc2cccc(F)c2)nn1. The lowest BCUT2D eigenvalue weighted by molar-refractivity contribution is -0.121. The lowest BCUT2D eigenvalue weighted by Crippen LogP contribution is -2.28. The van der Waals surface area contributed by atoms with Gasteiger partial charge in [0.05, 0.1) is 6.20 Å². The van der Waals surface area contributed by atoms with E-state index >= 15 is 0 Å². The maximum atomic E-state index is 13.0. The first-order chi connectivity index (χ1) is 10.2. The number of amides is 1. The summed E-state index contributed by atoms with van der Waals surface area (Å²) < 4.78 is 19.8. The highest BCUT2D eigenvalue weighted by molar-refractivity contribution is 5.75. The first kappa shape index (κ1) is 15.0. The van der Waals surface area contributed by atoms with Gasteiger partial charge < -0.3 is 10.1 Å². The van der Waals surface area contributed by atoms with Gasteiger partial charge in [0, 0.05) is 12.6 Å². The van der Waals surface area contributed by atoms with E-state index in [9.17, 15) is 9.18 Å². The summed E-state index contributed by atoms with van der Waals surface area (Å²) in [6.07, 6.45) is 2.51. The fourth-order valence-electron chi connectivity index (χ4n) is 1.66. The van der Waals surface area contributed by atoms with Crippen LogP contribution in [-0.4, -0.2) is 27.4 Å². The average Bonchev–Trinajstić information content (AvgIpc) is 2.90. The third-order valence-corrected chi connectivity index (χ3v) is 2.65. The summed E-state index contributed by atoms with van der Waals surface area (Å²) >= 11 is 0. The average molecular weight is 292 g/mol. The Kier molecular flexibility index (Phi) is 5.25. The molecule has 2 rings (SSSR count). The number of carbonyl (C=O) groups is 1. The Balaban J connectivity index is 1.84. The van der Waals surface area contributed by atoms with Crippen molar-refractivity contribution in [3.63, 3.8) is 0 Å². The van der Waals surface area contributed by atoms with Crippen LogP contribution in [0.2, 0.25) is 0 Å². The van der Waals surface area contributed by atoms with Crippen molar-refractivity contribution in [2.24, 2.45) is 0 Å². The Morgan fingerprint density at radius 1 is 1.48 bits per heavy atom. The van der Waals surface area contributed by atoms with Crippen LogP contribution in [0.3, 0.4) is 0 Å². The zero-order valence-electron chi connectivity index (χ0n) is 11.8.